The lowest BCUT2D eigenvalue weighted by atomic mass is 9.49. The molecule has 1 aliphatic heterocycles. The molecule has 0 atom stereocenters. The molecule has 6 rings (SSSR count). The molecule has 4 bridgehead atoms. The maximum atomic E-state index is 2.68. The first kappa shape index (κ1) is 13.1. The first-order chi connectivity index (χ1) is 8.82. The van der Waals surface area contributed by atoms with Crippen LogP contribution in [0.5, 0.6) is 0 Å². The van der Waals surface area contributed by atoms with Crippen LogP contribution in [-0.2, 0) is 12.0 Å². The van der Waals surface area contributed by atoms with E-state index in [4.69, 9.17) is 0 Å². The van der Waals surface area contributed by atoms with Crippen molar-refractivity contribution in [2.45, 2.75) is 54.8 Å². The Hall–Kier alpha value is 0.460. The molecular weight excluding hydrogens is 338 g/mol. The Kier molecular flexibility index (Phi) is 3.10. The van der Waals surface area contributed by atoms with Gasteiger partial charge in [-0.05, 0) is 68.0 Å². The minimum atomic E-state index is 0. The van der Waals surface area contributed by atoms with Crippen LogP contribution in [0.2, 0.25) is 0 Å². The molecule has 2 heterocycles. The number of aromatic nitrogens is 1. The van der Waals surface area contributed by atoms with Gasteiger partial charge in [0.15, 0.2) is 12.2 Å². The maximum Gasteiger partial charge on any atom is 0.297 e. The maximum absolute atomic E-state index is 2.68. The lowest BCUT2D eigenvalue weighted by molar-refractivity contribution is -0.728. The zero-order chi connectivity index (χ0) is 11.7. The Labute approximate surface area is 133 Å². The molecule has 4 saturated carbocycles. The summed E-state index contributed by atoms with van der Waals surface area (Å²) in [7, 11) is 0. The molecule has 4 aliphatic carbocycles. The fourth-order valence-corrected chi connectivity index (χ4v) is 8.08. The Morgan fingerprint density at radius 1 is 1.05 bits per heavy atom. The van der Waals surface area contributed by atoms with E-state index in [0.717, 1.165) is 17.8 Å². The van der Waals surface area contributed by atoms with Crippen LogP contribution in [-0.4, -0.2) is 5.75 Å². The Balaban J connectivity index is 0.000000968. The van der Waals surface area contributed by atoms with Crippen molar-refractivity contribution < 1.29 is 21.5 Å². The van der Waals surface area contributed by atoms with Gasteiger partial charge in [-0.3, -0.25) is 0 Å². The monoisotopic (exact) mass is 357 g/mol. The predicted octanol–water partition coefficient (Wildman–Crippen LogP) is 0.613. The van der Waals surface area contributed by atoms with Crippen molar-refractivity contribution in [1.29, 1.82) is 0 Å². The van der Waals surface area contributed by atoms with Gasteiger partial charge in [0.2, 0.25) is 0 Å². The summed E-state index contributed by atoms with van der Waals surface area (Å²) in [5.74, 6) is 4.52. The second kappa shape index (κ2) is 4.48. The highest BCUT2D eigenvalue weighted by atomic mass is 79.9. The lowest BCUT2D eigenvalue weighted by Crippen LogP contribution is -3.00. The molecule has 1 aromatic rings. The lowest BCUT2D eigenvalue weighted by Gasteiger charge is -2.55. The fraction of sp³-hybridized carbons (Fsp3) is 0.800. The highest BCUT2D eigenvalue weighted by molar-refractivity contribution is 8.01. The standard InChI is InChI=1S/C15H20NS2.BrH/c1-2-17-14-16(1)13(9-18-14)15-6-10-3-11(7-15)5-12(4-10)8-15;/h9-12H,1-8H2;1H/q+1;/p-1. The SMILES string of the molecule is [Br-].c1sc2[n+](c1C13CC4CC(CC(C4)C1)C3)CCS2. The second-order valence-electron chi connectivity index (χ2n) is 7.08. The normalized spacial score (nSPS) is 42.2. The van der Waals surface area contributed by atoms with Gasteiger partial charge in [-0.1, -0.05) is 11.3 Å². The van der Waals surface area contributed by atoms with E-state index in [1.54, 1.807) is 29.3 Å². The van der Waals surface area contributed by atoms with Crippen LogP contribution in [0.25, 0.3) is 0 Å². The number of halogens is 1. The molecule has 19 heavy (non-hydrogen) atoms. The van der Waals surface area contributed by atoms with Gasteiger partial charge in [0.05, 0.1) is 16.5 Å². The quantitative estimate of drug-likeness (QED) is 0.666. The van der Waals surface area contributed by atoms with Gasteiger partial charge in [0.1, 0.15) is 0 Å². The molecule has 4 fully saturated rings. The molecular formula is C15H20BrNS2. The topological polar surface area (TPSA) is 3.88 Å². The molecule has 0 N–H and O–H groups in total. The third-order valence-corrected chi connectivity index (χ3v) is 8.16. The zero-order valence-electron chi connectivity index (χ0n) is 11.1. The van der Waals surface area contributed by atoms with Crippen LogP contribution >= 0.6 is 23.1 Å². The van der Waals surface area contributed by atoms with E-state index in [1.165, 1.54) is 31.6 Å². The van der Waals surface area contributed by atoms with Crippen LogP contribution in [0.4, 0.5) is 0 Å². The molecule has 0 radical (unpaired) electrons. The molecule has 1 aromatic heterocycles. The van der Waals surface area contributed by atoms with E-state index >= 15 is 0 Å². The third kappa shape index (κ3) is 1.82. The van der Waals surface area contributed by atoms with Crippen molar-refractivity contribution >= 4 is 23.1 Å². The molecule has 0 unspecified atom stereocenters. The van der Waals surface area contributed by atoms with E-state index in [0.29, 0.717) is 5.41 Å². The largest absolute Gasteiger partial charge is 1.00 e. The van der Waals surface area contributed by atoms with Crippen LogP contribution in [0.3, 0.4) is 0 Å². The van der Waals surface area contributed by atoms with E-state index in [-0.39, 0.29) is 17.0 Å². The predicted molar refractivity (Wildman–Crippen MR) is 75.1 cm³/mol. The van der Waals surface area contributed by atoms with Crippen LogP contribution in [0, 0.1) is 17.8 Å². The average molecular weight is 358 g/mol. The molecule has 0 amide bonds. The van der Waals surface area contributed by atoms with Crippen molar-refractivity contribution in [3.63, 3.8) is 0 Å². The highest BCUT2D eigenvalue weighted by Crippen LogP contribution is 2.60. The number of hydrogen-bond acceptors (Lipinski definition) is 2. The smallest absolute Gasteiger partial charge is 0.297 e. The van der Waals surface area contributed by atoms with Crippen LogP contribution in [0.15, 0.2) is 9.72 Å². The summed E-state index contributed by atoms with van der Waals surface area (Å²) >= 11 is 4.09. The van der Waals surface area contributed by atoms with Crippen molar-refractivity contribution in [1.82, 2.24) is 0 Å². The van der Waals surface area contributed by atoms with Gasteiger partial charge in [-0.2, -0.15) is 4.57 Å². The first-order valence-corrected chi connectivity index (χ1v) is 9.33. The molecule has 104 valence electrons. The summed E-state index contributed by atoms with van der Waals surface area (Å²) in [5.41, 5.74) is 2.35. The molecule has 0 aromatic carbocycles. The summed E-state index contributed by atoms with van der Waals surface area (Å²) in [6, 6.07) is 0. The molecule has 0 spiro atoms. The summed E-state index contributed by atoms with van der Waals surface area (Å²) in [6.45, 7) is 1.28. The van der Waals surface area contributed by atoms with Gasteiger partial charge < -0.3 is 17.0 Å². The molecule has 4 heteroatoms. The molecule has 1 nitrogen and oxygen atoms in total. The van der Waals surface area contributed by atoms with E-state index in [2.05, 4.69) is 21.7 Å². The second-order valence-corrected chi connectivity index (χ2v) is 9.28. The average Bonchev–Trinajstić information content (AvgIpc) is 2.87. The Morgan fingerprint density at radius 2 is 1.68 bits per heavy atom. The first-order valence-electron chi connectivity index (χ1n) is 7.47. The van der Waals surface area contributed by atoms with E-state index in [1.807, 2.05) is 11.3 Å². The van der Waals surface area contributed by atoms with Gasteiger partial charge in [-0.25, -0.2) is 0 Å². The highest BCUT2D eigenvalue weighted by Gasteiger charge is 2.56. The van der Waals surface area contributed by atoms with Crippen LogP contribution in [0.1, 0.15) is 44.2 Å². The van der Waals surface area contributed by atoms with Gasteiger partial charge in [-0.15, -0.1) is 0 Å². The number of nitrogens with zero attached hydrogens (tertiary/aromatic N) is 1. The number of fused-ring (bicyclic) bond motifs is 1. The summed E-state index contributed by atoms with van der Waals surface area (Å²) in [5, 5.41) is 2.52. The summed E-state index contributed by atoms with van der Waals surface area (Å²) < 4.78 is 4.27. The minimum absolute atomic E-state index is 0. The Bertz CT molecular complexity index is 475. The Morgan fingerprint density at radius 3 is 2.32 bits per heavy atom. The number of thiazole rings is 1. The van der Waals surface area contributed by atoms with E-state index < -0.39 is 0 Å². The molecule has 0 saturated heterocycles. The van der Waals surface area contributed by atoms with Crippen LogP contribution < -0.4 is 21.5 Å². The molecule has 5 aliphatic rings. The van der Waals surface area contributed by atoms with Gasteiger partial charge >= 0.3 is 0 Å². The zero-order valence-corrected chi connectivity index (χ0v) is 14.3. The van der Waals surface area contributed by atoms with Crippen molar-refractivity contribution in [2.75, 3.05) is 5.75 Å². The van der Waals surface area contributed by atoms with Crippen molar-refractivity contribution in [2.24, 2.45) is 17.8 Å². The third-order valence-electron chi connectivity index (χ3n) is 5.90. The summed E-state index contributed by atoms with van der Waals surface area (Å²) in [4.78, 5) is 0. The summed E-state index contributed by atoms with van der Waals surface area (Å²) in [6.07, 6.45) is 9.22. The minimum Gasteiger partial charge on any atom is -1.00 e. The number of hydrogen-bond donors (Lipinski definition) is 0. The fourth-order valence-electron chi connectivity index (χ4n) is 5.72. The number of rotatable bonds is 1. The van der Waals surface area contributed by atoms with E-state index in [9.17, 15) is 0 Å². The number of thioether (sulfide) groups is 1. The van der Waals surface area contributed by atoms with Crippen molar-refractivity contribution in [3.8, 4) is 0 Å². The van der Waals surface area contributed by atoms with Crippen molar-refractivity contribution in [3.05, 3.63) is 11.1 Å². The van der Waals surface area contributed by atoms with Gasteiger partial charge in [0, 0.05) is 0 Å². The van der Waals surface area contributed by atoms with Gasteiger partial charge in [0.25, 0.3) is 4.34 Å².